The molecule has 1 rings (SSSR count). The molecule has 72 valence electrons. The highest BCUT2D eigenvalue weighted by Crippen LogP contribution is 2.23. The van der Waals surface area contributed by atoms with E-state index in [1.165, 1.54) is 0 Å². The van der Waals surface area contributed by atoms with E-state index < -0.39 is 6.10 Å². The van der Waals surface area contributed by atoms with Gasteiger partial charge in [-0.15, -0.1) is 0 Å². The molecule has 0 saturated heterocycles. The van der Waals surface area contributed by atoms with Crippen molar-refractivity contribution in [2.45, 2.75) is 6.10 Å². The third kappa shape index (κ3) is 2.59. The fraction of sp³-hybridized carbons (Fsp3) is 0.333. The van der Waals surface area contributed by atoms with Crippen LogP contribution in [0.1, 0.15) is 11.7 Å². The number of anilines is 1. The Balaban J connectivity index is 2.91. The number of aliphatic hydroxyl groups is 1. The minimum Gasteiger partial charge on any atom is -0.398 e. The molecule has 0 bridgehead atoms. The molecule has 1 aromatic carbocycles. The van der Waals surface area contributed by atoms with E-state index >= 15 is 0 Å². The van der Waals surface area contributed by atoms with Gasteiger partial charge in [-0.1, -0.05) is 11.6 Å². The summed E-state index contributed by atoms with van der Waals surface area (Å²) < 4.78 is 0. The molecule has 1 aromatic rings. The highest BCUT2D eigenvalue weighted by molar-refractivity contribution is 6.30. The molecule has 0 fully saturated rings. The van der Waals surface area contributed by atoms with Crippen LogP contribution in [0.4, 0.5) is 5.69 Å². The average Bonchev–Trinajstić information content (AvgIpc) is 2.09. The zero-order valence-electron chi connectivity index (χ0n) is 7.42. The van der Waals surface area contributed by atoms with Crippen molar-refractivity contribution in [2.75, 3.05) is 19.3 Å². The molecule has 0 aliphatic carbocycles. The minimum absolute atomic E-state index is 0.463. The Bertz CT molecular complexity index is 291. The molecule has 13 heavy (non-hydrogen) atoms. The summed E-state index contributed by atoms with van der Waals surface area (Å²) >= 11 is 5.77. The lowest BCUT2D eigenvalue weighted by Gasteiger charge is -2.12. The standard InChI is InChI=1S/C9H13ClN2O/c1-12-5-9(13)7-4-6(10)2-3-8(7)11/h2-4,9,12-13H,5,11H2,1H3. The number of hydrogen-bond acceptors (Lipinski definition) is 3. The predicted molar refractivity (Wildman–Crippen MR) is 54.8 cm³/mol. The van der Waals surface area contributed by atoms with Crippen LogP contribution < -0.4 is 11.1 Å². The Morgan fingerprint density at radius 3 is 2.92 bits per heavy atom. The Morgan fingerprint density at radius 2 is 2.31 bits per heavy atom. The van der Waals surface area contributed by atoms with Gasteiger partial charge in [0.1, 0.15) is 0 Å². The molecule has 0 heterocycles. The highest BCUT2D eigenvalue weighted by Gasteiger charge is 2.09. The number of nitrogens with two attached hydrogens (primary N) is 1. The van der Waals surface area contributed by atoms with E-state index in [4.69, 9.17) is 17.3 Å². The van der Waals surface area contributed by atoms with E-state index in [-0.39, 0.29) is 0 Å². The lowest BCUT2D eigenvalue weighted by atomic mass is 10.1. The van der Waals surface area contributed by atoms with Crippen LogP contribution in [0, 0.1) is 0 Å². The monoisotopic (exact) mass is 200 g/mol. The quantitative estimate of drug-likeness (QED) is 0.643. The number of hydrogen-bond donors (Lipinski definition) is 3. The van der Waals surface area contributed by atoms with Crippen LogP contribution in [0.5, 0.6) is 0 Å². The van der Waals surface area contributed by atoms with E-state index in [0.717, 1.165) is 0 Å². The predicted octanol–water partition coefficient (Wildman–Crippen LogP) is 1.18. The zero-order valence-corrected chi connectivity index (χ0v) is 8.17. The van der Waals surface area contributed by atoms with Gasteiger partial charge in [0.05, 0.1) is 6.10 Å². The van der Waals surface area contributed by atoms with Crippen LogP contribution in [0.15, 0.2) is 18.2 Å². The molecule has 0 aromatic heterocycles. The van der Waals surface area contributed by atoms with Crippen molar-refractivity contribution in [2.24, 2.45) is 0 Å². The molecule has 0 aliphatic heterocycles. The van der Waals surface area contributed by atoms with Crippen LogP contribution in [0.25, 0.3) is 0 Å². The zero-order chi connectivity index (χ0) is 9.84. The first kappa shape index (κ1) is 10.3. The third-order valence-corrected chi connectivity index (χ3v) is 2.04. The molecule has 0 amide bonds. The number of likely N-dealkylation sites (N-methyl/N-ethyl adjacent to an activating group) is 1. The summed E-state index contributed by atoms with van der Waals surface area (Å²) in [4.78, 5) is 0. The van der Waals surface area contributed by atoms with Crippen molar-refractivity contribution in [3.63, 3.8) is 0 Å². The van der Waals surface area contributed by atoms with Gasteiger partial charge in [-0.3, -0.25) is 0 Å². The van der Waals surface area contributed by atoms with Gasteiger partial charge in [0.15, 0.2) is 0 Å². The second kappa shape index (κ2) is 4.46. The number of benzene rings is 1. The molecular formula is C9H13ClN2O. The van der Waals surface area contributed by atoms with E-state index in [1.807, 2.05) is 0 Å². The largest absolute Gasteiger partial charge is 0.398 e. The first-order chi connectivity index (χ1) is 6.15. The first-order valence-electron chi connectivity index (χ1n) is 4.02. The number of nitrogen functional groups attached to an aromatic ring is 1. The van der Waals surface area contributed by atoms with Crippen LogP contribution >= 0.6 is 11.6 Å². The first-order valence-corrected chi connectivity index (χ1v) is 4.40. The van der Waals surface area contributed by atoms with E-state index in [2.05, 4.69) is 5.32 Å². The Kier molecular flexibility index (Phi) is 3.54. The van der Waals surface area contributed by atoms with Gasteiger partial charge < -0.3 is 16.2 Å². The van der Waals surface area contributed by atoms with Crippen molar-refractivity contribution in [3.05, 3.63) is 28.8 Å². The van der Waals surface area contributed by atoms with Crippen LogP contribution in [0.3, 0.4) is 0 Å². The Hall–Kier alpha value is -0.770. The van der Waals surface area contributed by atoms with Crippen LogP contribution in [-0.4, -0.2) is 18.7 Å². The van der Waals surface area contributed by atoms with E-state index in [9.17, 15) is 5.11 Å². The summed E-state index contributed by atoms with van der Waals surface area (Å²) in [5.41, 5.74) is 6.90. The van der Waals surface area contributed by atoms with E-state index in [1.54, 1.807) is 25.2 Å². The van der Waals surface area contributed by atoms with Gasteiger partial charge in [-0.2, -0.15) is 0 Å². The minimum atomic E-state index is -0.608. The fourth-order valence-electron chi connectivity index (χ4n) is 1.14. The maximum Gasteiger partial charge on any atom is 0.0934 e. The van der Waals surface area contributed by atoms with Crippen molar-refractivity contribution in [3.8, 4) is 0 Å². The van der Waals surface area contributed by atoms with Gasteiger partial charge in [-0.25, -0.2) is 0 Å². The van der Waals surface area contributed by atoms with Gasteiger partial charge >= 0.3 is 0 Å². The summed E-state index contributed by atoms with van der Waals surface area (Å²) in [5, 5.41) is 13.1. The van der Waals surface area contributed by atoms with Crippen molar-refractivity contribution >= 4 is 17.3 Å². The summed E-state index contributed by atoms with van der Waals surface area (Å²) in [5.74, 6) is 0. The highest BCUT2D eigenvalue weighted by atomic mass is 35.5. The molecule has 0 aliphatic rings. The maximum atomic E-state index is 9.62. The Labute approximate surface area is 82.5 Å². The lowest BCUT2D eigenvalue weighted by molar-refractivity contribution is 0.178. The molecule has 0 radical (unpaired) electrons. The smallest absolute Gasteiger partial charge is 0.0934 e. The SMILES string of the molecule is CNCC(O)c1cc(Cl)ccc1N. The normalized spacial score (nSPS) is 12.8. The molecule has 4 heteroatoms. The Morgan fingerprint density at radius 1 is 1.62 bits per heavy atom. The van der Waals surface area contributed by atoms with Crippen molar-refractivity contribution < 1.29 is 5.11 Å². The average molecular weight is 201 g/mol. The lowest BCUT2D eigenvalue weighted by Crippen LogP contribution is -2.17. The molecule has 1 atom stereocenters. The maximum absolute atomic E-state index is 9.62. The van der Waals surface area contributed by atoms with Crippen molar-refractivity contribution in [1.29, 1.82) is 0 Å². The van der Waals surface area contributed by atoms with E-state index in [0.29, 0.717) is 22.8 Å². The summed E-state index contributed by atoms with van der Waals surface area (Å²) in [7, 11) is 1.77. The van der Waals surface area contributed by atoms with Crippen LogP contribution in [0.2, 0.25) is 5.02 Å². The second-order valence-electron chi connectivity index (χ2n) is 2.85. The molecule has 4 N–H and O–H groups in total. The van der Waals surface area contributed by atoms with Gasteiger partial charge in [-0.05, 0) is 25.2 Å². The van der Waals surface area contributed by atoms with Crippen molar-refractivity contribution in [1.82, 2.24) is 5.32 Å². The third-order valence-electron chi connectivity index (χ3n) is 1.81. The van der Waals surface area contributed by atoms with Crippen LogP contribution in [-0.2, 0) is 0 Å². The van der Waals surface area contributed by atoms with Gasteiger partial charge in [0.2, 0.25) is 0 Å². The van der Waals surface area contributed by atoms with Gasteiger partial charge in [0, 0.05) is 22.8 Å². The molecule has 3 nitrogen and oxygen atoms in total. The fourth-order valence-corrected chi connectivity index (χ4v) is 1.32. The summed E-state index contributed by atoms with van der Waals surface area (Å²) in [6.45, 7) is 0.463. The topological polar surface area (TPSA) is 58.3 Å². The van der Waals surface area contributed by atoms with Gasteiger partial charge in [0.25, 0.3) is 0 Å². The number of rotatable bonds is 3. The number of halogens is 1. The summed E-state index contributed by atoms with van der Waals surface area (Å²) in [6, 6.07) is 5.07. The number of aliphatic hydroxyl groups excluding tert-OH is 1. The molecule has 0 spiro atoms. The number of nitrogens with one attached hydrogen (secondary N) is 1. The molecular weight excluding hydrogens is 188 g/mol. The summed E-state index contributed by atoms with van der Waals surface area (Å²) in [6.07, 6.45) is -0.608. The molecule has 0 saturated carbocycles. The second-order valence-corrected chi connectivity index (χ2v) is 3.28. The molecule has 1 unspecified atom stereocenters.